The number of aromatic nitrogens is 3. The van der Waals surface area contributed by atoms with E-state index in [1.807, 2.05) is 31.2 Å². The zero-order chi connectivity index (χ0) is 13.9. The molecule has 1 saturated carbocycles. The molecule has 0 atom stereocenters. The van der Waals surface area contributed by atoms with Crippen molar-refractivity contribution in [3.05, 3.63) is 40.3 Å². The van der Waals surface area contributed by atoms with Crippen LogP contribution in [0.1, 0.15) is 24.4 Å². The lowest BCUT2D eigenvalue weighted by atomic mass is 10.2. The number of rotatable bonds is 6. The van der Waals surface area contributed by atoms with Gasteiger partial charge in [-0.2, -0.15) is 0 Å². The topological polar surface area (TPSA) is 59.9 Å². The second kappa shape index (κ2) is 5.75. The number of hydrogen-bond donors (Lipinski definition) is 1. The van der Waals surface area contributed by atoms with Crippen LogP contribution in [0.5, 0.6) is 5.75 Å². The van der Waals surface area contributed by atoms with E-state index in [0.717, 1.165) is 35.1 Å². The number of aryl methyl sites for hydroxylation is 1. The Morgan fingerprint density at radius 1 is 1.45 bits per heavy atom. The van der Waals surface area contributed by atoms with Gasteiger partial charge < -0.3 is 4.74 Å². The van der Waals surface area contributed by atoms with Gasteiger partial charge in [-0.05, 0) is 31.4 Å². The van der Waals surface area contributed by atoms with Crippen molar-refractivity contribution in [2.75, 3.05) is 12.4 Å². The molecule has 0 aliphatic heterocycles. The summed E-state index contributed by atoms with van der Waals surface area (Å²) in [7, 11) is 0. The molecule has 1 N–H and O–H groups in total. The fourth-order valence-electron chi connectivity index (χ4n) is 2.05. The van der Waals surface area contributed by atoms with Gasteiger partial charge in [-0.1, -0.05) is 30.0 Å². The molecule has 1 aromatic heterocycles. The summed E-state index contributed by atoms with van der Waals surface area (Å²) in [5.41, 5.74) is 1.03. The van der Waals surface area contributed by atoms with E-state index < -0.39 is 0 Å². The van der Waals surface area contributed by atoms with E-state index in [4.69, 9.17) is 4.74 Å². The highest BCUT2D eigenvalue weighted by Gasteiger charge is 2.28. The molecule has 0 amide bonds. The second-order valence-corrected chi connectivity index (χ2v) is 5.94. The van der Waals surface area contributed by atoms with Gasteiger partial charge in [0.2, 0.25) is 0 Å². The van der Waals surface area contributed by atoms with Crippen LogP contribution >= 0.6 is 11.8 Å². The van der Waals surface area contributed by atoms with Gasteiger partial charge in [-0.25, -0.2) is 9.89 Å². The summed E-state index contributed by atoms with van der Waals surface area (Å²) in [5.74, 6) is 1.68. The summed E-state index contributed by atoms with van der Waals surface area (Å²) in [6, 6.07) is 8.31. The van der Waals surface area contributed by atoms with Gasteiger partial charge in [0.05, 0.1) is 6.61 Å². The van der Waals surface area contributed by atoms with Crippen LogP contribution in [0.4, 0.5) is 0 Å². The Morgan fingerprint density at radius 3 is 3.00 bits per heavy atom. The number of nitrogens with one attached hydrogen (secondary N) is 1. The first-order chi connectivity index (χ1) is 9.75. The van der Waals surface area contributed by atoms with Crippen LogP contribution in [0.25, 0.3) is 0 Å². The lowest BCUT2D eigenvalue weighted by molar-refractivity contribution is 0.341. The molecule has 5 nitrogen and oxygen atoms in total. The van der Waals surface area contributed by atoms with Crippen LogP contribution in [0.2, 0.25) is 0 Å². The van der Waals surface area contributed by atoms with Crippen LogP contribution in [-0.4, -0.2) is 27.1 Å². The number of nitrogens with zero attached hydrogens (tertiary/aromatic N) is 2. The van der Waals surface area contributed by atoms with Crippen molar-refractivity contribution < 1.29 is 4.74 Å². The molecule has 3 rings (SSSR count). The Kier molecular flexibility index (Phi) is 3.82. The molecule has 1 heterocycles. The standard InChI is InChI=1S/C14H17N3O2S/c1-10-4-2-3-5-12(10)19-8-9-20-14-16-15-13(18)17(14)11-6-7-11/h2-5,11H,6-9H2,1H3,(H,15,18). The normalized spacial score (nSPS) is 14.4. The van der Waals surface area contributed by atoms with Gasteiger partial charge in [0.1, 0.15) is 5.75 Å². The van der Waals surface area contributed by atoms with Crippen LogP contribution in [0, 0.1) is 6.92 Å². The van der Waals surface area contributed by atoms with E-state index in [0.29, 0.717) is 12.6 Å². The molecular weight excluding hydrogens is 274 g/mol. The van der Waals surface area contributed by atoms with Gasteiger partial charge >= 0.3 is 5.69 Å². The Balaban J connectivity index is 1.53. The van der Waals surface area contributed by atoms with Crippen molar-refractivity contribution in [2.24, 2.45) is 0 Å². The Bertz CT molecular complexity index is 646. The third-order valence-corrected chi connectivity index (χ3v) is 4.17. The summed E-state index contributed by atoms with van der Waals surface area (Å²) >= 11 is 1.56. The number of benzene rings is 1. The fraction of sp³-hybridized carbons (Fsp3) is 0.429. The lowest BCUT2D eigenvalue weighted by Gasteiger charge is -2.08. The van der Waals surface area contributed by atoms with E-state index in [1.54, 1.807) is 16.3 Å². The SMILES string of the molecule is Cc1ccccc1OCCSc1n[nH]c(=O)n1C1CC1. The fourth-order valence-corrected chi connectivity index (χ4v) is 2.88. The highest BCUT2D eigenvalue weighted by atomic mass is 32.2. The maximum absolute atomic E-state index is 11.6. The first-order valence-corrected chi connectivity index (χ1v) is 7.72. The highest BCUT2D eigenvalue weighted by Crippen LogP contribution is 2.35. The Labute approximate surface area is 121 Å². The average Bonchev–Trinajstić information content (AvgIpc) is 3.21. The Hall–Kier alpha value is -1.69. The van der Waals surface area contributed by atoms with Gasteiger partial charge in [0.15, 0.2) is 5.16 Å². The van der Waals surface area contributed by atoms with Gasteiger partial charge in [-0.15, -0.1) is 5.10 Å². The minimum absolute atomic E-state index is 0.102. The zero-order valence-electron chi connectivity index (χ0n) is 11.3. The molecule has 1 aromatic carbocycles. The molecule has 1 fully saturated rings. The summed E-state index contributed by atoms with van der Waals surface area (Å²) in [6.07, 6.45) is 2.15. The van der Waals surface area contributed by atoms with E-state index in [2.05, 4.69) is 10.2 Å². The number of thioether (sulfide) groups is 1. The molecule has 0 saturated heterocycles. The van der Waals surface area contributed by atoms with Crippen LogP contribution in [0.15, 0.2) is 34.2 Å². The monoisotopic (exact) mass is 291 g/mol. The second-order valence-electron chi connectivity index (χ2n) is 4.87. The number of hydrogen-bond acceptors (Lipinski definition) is 4. The highest BCUT2D eigenvalue weighted by molar-refractivity contribution is 7.99. The number of para-hydroxylation sites is 1. The summed E-state index contributed by atoms with van der Waals surface area (Å²) < 4.78 is 7.50. The number of H-pyrrole nitrogens is 1. The van der Waals surface area contributed by atoms with Gasteiger partial charge in [0, 0.05) is 11.8 Å². The smallest absolute Gasteiger partial charge is 0.344 e. The maximum atomic E-state index is 11.6. The molecule has 6 heteroatoms. The van der Waals surface area contributed by atoms with E-state index in [9.17, 15) is 4.79 Å². The quantitative estimate of drug-likeness (QED) is 0.656. The molecule has 1 aliphatic rings. The van der Waals surface area contributed by atoms with Crippen molar-refractivity contribution in [3.8, 4) is 5.75 Å². The zero-order valence-corrected chi connectivity index (χ0v) is 12.2. The van der Waals surface area contributed by atoms with Crippen molar-refractivity contribution in [2.45, 2.75) is 31.0 Å². The summed E-state index contributed by atoms with van der Waals surface area (Å²) in [5, 5.41) is 7.36. The van der Waals surface area contributed by atoms with Crippen LogP contribution < -0.4 is 10.4 Å². The average molecular weight is 291 g/mol. The predicted octanol–water partition coefficient (Wildman–Crippen LogP) is 2.39. The van der Waals surface area contributed by atoms with Crippen molar-refractivity contribution in [3.63, 3.8) is 0 Å². The molecule has 0 unspecified atom stereocenters. The van der Waals surface area contributed by atoms with Gasteiger partial charge in [0.25, 0.3) is 0 Å². The molecular formula is C14H17N3O2S. The van der Waals surface area contributed by atoms with E-state index >= 15 is 0 Å². The summed E-state index contributed by atoms with van der Waals surface area (Å²) in [6.45, 7) is 2.63. The third-order valence-electron chi connectivity index (χ3n) is 3.25. The molecule has 106 valence electrons. The Morgan fingerprint density at radius 2 is 2.25 bits per heavy atom. The van der Waals surface area contributed by atoms with Crippen LogP contribution in [0.3, 0.4) is 0 Å². The molecule has 20 heavy (non-hydrogen) atoms. The largest absolute Gasteiger partial charge is 0.492 e. The van der Waals surface area contributed by atoms with Crippen molar-refractivity contribution in [1.29, 1.82) is 0 Å². The number of aromatic amines is 1. The minimum atomic E-state index is -0.102. The summed E-state index contributed by atoms with van der Waals surface area (Å²) in [4.78, 5) is 11.6. The number of ether oxygens (including phenoxy) is 1. The molecule has 1 aliphatic carbocycles. The van der Waals surface area contributed by atoms with Crippen LogP contribution in [-0.2, 0) is 0 Å². The molecule has 0 bridgehead atoms. The van der Waals surface area contributed by atoms with Crippen molar-refractivity contribution >= 4 is 11.8 Å². The lowest BCUT2D eigenvalue weighted by Crippen LogP contribution is -2.16. The minimum Gasteiger partial charge on any atom is -0.492 e. The molecule has 2 aromatic rings. The first kappa shape index (κ1) is 13.3. The van der Waals surface area contributed by atoms with Gasteiger partial charge in [-0.3, -0.25) is 4.57 Å². The third kappa shape index (κ3) is 2.90. The molecule has 0 spiro atoms. The first-order valence-electron chi connectivity index (χ1n) is 6.74. The maximum Gasteiger partial charge on any atom is 0.344 e. The van der Waals surface area contributed by atoms with E-state index in [1.165, 1.54) is 0 Å². The van der Waals surface area contributed by atoms with Crippen molar-refractivity contribution in [1.82, 2.24) is 14.8 Å². The van der Waals surface area contributed by atoms with E-state index in [-0.39, 0.29) is 5.69 Å². The predicted molar refractivity (Wildman–Crippen MR) is 78.5 cm³/mol. The molecule has 0 radical (unpaired) electrons.